The Morgan fingerprint density at radius 1 is 1.09 bits per heavy atom. The number of hydrogen-bond acceptors (Lipinski definition) is 6. The third-order valence-electron chi connectivity index (χ3n) is 4.93. The van der Waals surface area contributed by atoms with Crippen LogP contribution in [0.2, 0.25) is 0 Å². The van der Waals surface area contributed by atoms with Gasteiger partial charge in [-0.2, -0.15) is 0 Å². The zero-order chi connectivity index (χ0) is 23.4. The van der Waals surface area contributed by atoms with Crippen molar-refractivity contribution in [1.82, 2.24) is 9.55 Å². The summed E-state index contributed by atoms with van der Waals surface area (Å²) >= 11 is 1.12. The molecule has 5 N–H and O–H groups in total. The number of nitrogens with one attached hydrogen (secondary N) is 1. The number of carbonyl (C=O) groups excluding carboxylic acids is 3. The van der Waals surface area contributed by atoms with E-state index in [1.165, 1.54) is 18.2 Å². The molecule has 0 unspecified atom stereocenters. The molecule has 3 aromatic rings. The second-order valence-corrected chi connectivity index (χ2v) is 8.15. The van der Waals surface area contributed by atoms with Gasteiger partial charge in [-0.3, -0.25) is 23.7 Å². The van der Waals surface area contributed by atoms with Gasteiger partial charge in [0.1, 0.15) is 0 Å². The number of carbonyl (C=O) groups is 3. The Hall–Kier alpha value is -3.66. The molecule has 0 saturated heterocycles. The molecule has 32 heavy (non-hydrogen) atoms. The Labute approximate surface area is 188 Å². The van der Waals surface area contributed by atoms with Crippen molar-refractivity contribution in [2.45, 2.75) is 31.5 Å². The molecule has 0 aliphatic carbocycles. The minimum Gasteiger partial charge on any atom is -0.366 e. The molecule has 0 fully saturated rings. The van der Waals surface area contributed by atoms with Gasteiger partial charge >= 0.3 is 0 Å². The largest absolute Gasteiger partial charge is 0.366 e. The SMILES string of the molecule is CC[C@H](C)n1c(SCC(=O)Nc2cc(C(N)=O)cc(C(N)=O)c2)nc2ccccc2c1=O. The maximum atomic E-state index is 13.0. The number of benzene rings is 2. The van der Waals surface area contributed by atoms with Gasteiger partial charge in [0.25, 0.3) is 5.56 Å². The fourth-order valence-corrected chi connectivity index (χ4v) is 4.01. The van der Waals surface area contributed by atoms with E-state index in [0.29, 0.717) is 16.1 Å². The number of fused-ring (bicyclic) bond motifs is 1. The molecule has 0 radical (unpaired) electrons. The average molecular weight is 454 g/mol. The standard InChI is InChI=1S/C22H23N5O4S/c1-3-12(2)27-21(31)16-6-4-5-7-17(16)26-22(27)32-11-18(28)25-15-9-13(19(23)29)8-14(10-15)20(24)30/h4-10,12H,3,11H2,1-2H3,(H2,23,29)(H2,24,30)(H,25,28)/t12-/m0/s1. The fourth-order valence-electron chi connectivity index (χ4n) is 3.11. The zero-order valence-electron chi connectivity index (χ0n) is 17.6. The van der Waals surface area contributed by atoms with Crippen LogP contribution in [0.25, 0.3) is 10.9 Å². The smallest absolute Gasteiger partial charge is 0.262 e. The van der Waals surface area contributed by atoms with Crippen molar-refractivity contribution in [2.75, 3.05) is 11.1 Å². The average Bonchev–Trinajstić information content (AvgIpc) is 2.77. The molecule has 3 rings (SSSR count). The highest BCUT2D eigenvalue weighted by atomic mass is 32.2. The Balaban J connectivity index is 1.86. The second kappa shape index (κ2) is 9.65. The summed E-state index contributed by atoms with van der Waals surface area (Å²) in [5, 5.41) is 3.58. The Morgan fingerprint density at radius 2 is 1.72 bits per heavy atom. The van der Waals surface area contributed by atoms with E-state index in [1.807, 2.05) is 13.8 Å². The van der Waals surface area contributed by atoms with E-state index in [4.69, 9.17) is 11.5 Å². The van der Waals surface area contributed by atoms with E-state index in [9.17, 15) is 19.2 Å². The lowest BCUT2D eigenvalue weighted by Crippen LogP contribution is -2.26. The third-order valence-corrected chi connectivity index (χ3v) is 5.88. The molecular weight excluding hydrogens is 430 g/mol. The molecule has 166 valence electrons. The van der Waals surface area contributed by atoms with Gasteiger partial charge in [-0.05, 0) is 43.7 Å². The van der Waals surface area contributed by atoms with Gasteiger partial charge in [-0.25, -0.2) is 4.98 Å². The highest BCUT2D eigenvalue weighted by Gasteiger charge is 2.17. The molecule has 0 aliphatic heterocycles. The lowest BCUT2D eigenvalue weighted by atomic mass is 10.1. The van der Waals surface area contributed by atoms with Crippen molar-refractivity contribution >= 4 is 46.1 Å². The first-order valence-corrected chi connectivity index (χ1v) is 10.9. The van der Waals surface area contributed by atoms with E-state index in [-0.39, 0.29) is 34.2 Å². The zero-order valence-corrected chi connectivity index (χ0v) is 18.4. The number of aromatic nitrogens is 2. The van der Waals surface area contributed by atoms with Gasteiger partial charge in [0.15, 0.2) is 5.16 Å². The number of anilines is 1. The summed E-state index contributed by atoms with van der Waals surface area (Å²) < 4.78 is 1.60. The van der Waals surface area contributed by atoms with Gasteiger partial charge in [0, 0.05) is 22.9 Å². The molecule has 0 bridgehead atoms. The molecular formula is C22H23N5O4S. The van der Waals surface area contributed by atoms with Crippen LogP contribution in [-0.2, 0) is 4.79 Å². The van der Waals surface area contributed by atoms with Crippen LogP contribution in [0, 0.1) is 0 Å². The minimum absolute atomic E-state index is 0.0473. The maximum Gasteiger partial charge on any atom is 0.262 e. The maximum absolute atomic E-state index is 13.0. The molecule has 9 nitrogen and oxygen atoms in total. The Morgan fingerprint density at radius 3 is 2.31 bits per heavy atom. The molecule has 1 aromatic heterocycles. The van der Waals surface area contributed by atoms with E-state index in [1.54, 1.807) is 28.8 Å². The van der Waals surface area contributed by atoms with Crippen LogP contribution < -0.4 is 22.3 Å². The number of amides is 3. The van der Waals surface area contributed by atoms with E-state index in [2.05, 4.69) is 10.3 Å². The van der Waals surface area contributed by atoms with Crippen LogP contribution in [0.5, 0.6) is 0 Å². The summed E-state index contributed by atoms with van der Waals surface area (Å²) in [5.41, 5.74) is 11.3. The van der Waals surface area contributed by atoms with Gasteiger partial charge in [0.05, 0.1) is 16.7 Å². The number of thioether (sulfide) groups is 1. The first-order valence-electron chi connectivity index (χ1n) is 9.89. The predicted octanol–water partition coefficient (Wildman–Crippen LogP) is 2.30. The normalized spacial score (nSPS) is 11.8. The quantitative estimate of drug-likeness (QED) is 0.352. The number of nitrogens with two attached hydrogens (primary N) is 2. The number of primary amides is 2. The summed E-state index contributed by atoms with van der Waals surface area (Å²) in [5.74, 6) is -1.97. The summed E-state index contributed by atoms with van der Waals surface area (Å²) in [6.45, 7) is 3.89. The van der Waals surface area contributed by atoms with Crippen LogP contribution in [0.4, 0.5) is 5.69 Å². The molecule has 3 amide bonds. The summed E-state index contributed by atoms with van der Waals surface area (Å²) in [6, 6.07) is 10.9. The molecule has 0 saturated carbocycles. The number of para-hydroxylation sites is 1. The molecule has 0 aliphatic rings. The highest BCUT2D eigenvalue weighted by Crippen LogP contribution is 2.23. The van der Waals surface area contributed by atoms with Gasteiger partial charge in [-0.1, -0.05) is 30.8 Å². The van der Waals surface area contributed by atoms with E-state index in [0.717, 1.165) is 18.2 Å². The van der Waals surface area contributed by atoms with Gasteiger partial charge in [0.2, 0.25) is 17.7 Å². The topological polar surface area (TPSA) is 150 Å². The molecule has 1 heterocycles. The van der Waals surface area contributed by atoms with Crippen molar-refractivity contribution in [3.05, 3.63) is 63.9 Å². The van der Waals surface area contributed by atoms with Gasteiger partial charge < -0.3 is 16.8 Å². The van der Waals surface area contributed by atoms with Crippen molar-refractivity contribution in [1.29, 1.82) is 0 Å². The number of nitrogens with zero attached hydrogens (tertiary/aromatic N) is 2. The minimum atomic E-state index is -0.754. The van der Waals surface area contributed by atoms with Crippen molar-refractivity contribution in [3.8, 4) is 0 Å². The van der Waals surface area contributed by atoms with Crippen LogP contribution >= 0.6 is 11.8 Å². The van der Waals surface area contributed by atoms with Crippen molar-refractivity contribution in [3.63, 3.8) is 0 Å². The van der Waals surface area contributed by atoms with E-state index < -0.39 is 17.7 Å². The van der Waals surface area contributed by atoms with Crippen LogP contribution in [0.15, 0.2) is 52.4 Å². The first-order chi connectivity index (χ1) is 15.2. The van der Waals surface area contributed by atoms with E-state index >= 15 is 0 Å². The number of hydrogen-bond donors (Lipinski definition) is 3. The Kier molecular flexibility index (Phi) is 6.94. The first kappa shape index (κ1) is 23.0. The summed E-state index contributed by atoms with van der Waals surface area (Å²) in [7, 11) is 0. The van der Waals surface area contributed by atoms with Crippen LogP contribution in [-0.4, -0.2) is 33.0 Å². The molecule has 0 spiro atoms. The predicted molar refractivity (Wildman–Crippen MR) is 124 cm³/mol. The fraction of sp³-hybridized carbons (Fsp3) is 0.227. The monoisotopic (exact) mass is 453 g/mol. The molecule has 10 heteroatoms. The summed E-state index contributed by atoms with van der Waals surface area (Å²) in [6.07, 6.45) is 0.718. The molecule has 2 aromatic carbocycles. The van der Waals surface area contributed by atoms with Crippen molar-refractivity contribution < 1.29 is 14.4 Å². The second-order valence-electron chi connectivity index (χ2n) is 7.21. The van der Waals surface area contributed by atoms with Crippen LogP contribution in [0.3, 0.4) is 0 Å². The Bertz CT molecular complexity index is 1240. The third kappa shape index (κ3) is 4.97. The summed E-state index contributed by atoms with van der Waals surface area (Å²) in [4.78, 5) is 53.2. The molecule has 1 atom stereocenters. The van der Waals surface area contributed by atoms with Crippen LogP contribution in [0.1, 0.15) is 47.0 Å². The lowest BCUT2D eigenvalue weighted by molar-refractivity contribution is -0.113. The van der Waals surface area contributed by atoms with Crippen molar-refractivity contribution in [2.24, 2.45) is 11.5 Å². The van der Waals surface area contributed by atoms with Gasteiger partial charge in [-0.15, -0.1) is 0 Å². The lowest BCUT2D eigenvalue weighted by Gasteiger charge is -2.18. The number of rotatable bonds is 8. The highest BCUT2D eigenvalue weighted by molar-refractivity contribution is 7.99.